The predicted octanol–water partition coefficient (Wildman–Crippen LogP) is 0.244. The fourth-order valence-corrected chi connectivity index (χ4v) is 1.62. The average molecular weight is 184 g/mol. The Hall–Kier alpha value is 0.0700. The molecule has 1 aliphatic rings. The van der Waals surface area contributed by atoms with Crippen molar-refractivity contribution in [2.45, 2.75) is 6.04 Å². The molecule has 1 fully saturated rings. The van der Waals surface area contributed by atoms with E-state index in [1.54, 1.807) is 11.8 Å². The number of methoxy groups -OCH3 is 1. The number of esters is 1. The van der Waals surface area contributed by atoms with Crippen LogP contribution < -0.4 is 5.32 Å². The van der Waals surface area contributed by atoms with Gasteiger partial charge in [-0.3, -0.25) is 10.1 Å². The third-order valence-electron chi connectivity index (χ3n) is 1.20. The van der Waals surface area contributed by atoms with Gasteiger partial charge < -0.3 is 4.74 Å². The Morgan fingerprint density at radius 1 is 1.80 bits per heavy atom. The van der Waals surface area contributed by atoms with Gasteiger partial charge in [-0.25, -0.2) is 0 Å². The van der Waals surface area contributed by atoms with Crippen LogP contribution in [-0.2, 0) is 9.53 Å². The normalized spacial score (nSPS) is 23.5. The first-order chi connectivity index (χ1) is 4.34. The van der Waals surface area contributed by atoms with Crippen LogP contribution in [0.1, 0.15) is 0 Å². The topological polar surface area (TPSA) is 38.3 Å². The van der Waals surface area contributed by atoms with Crippen molar-refractivity contribution >= 4 is 30.1 Å². The van der Waals surface area contributed by atoms with Gasteiger partial charge in [-0.15, -0.1) is 24.2 Å². The lowest BCUT2D eigenvalue weighted by molar-refractivity contribution is -0.142. The Kier molecular flexibility index (Phi) is 4.85. The maximum Gasteiger partial charge on any atom is 0.323 e. The Morgan fingerprint density at radius 3 is 2.90 bits per heavy atom. The molecule has 0 aromatic rings. The van der Waals surface area contributed by atoms with E-state index >= 15 is 0 Å². The number of halogens is 1. The molecule has 0 amide bonds. The van der Waals surface area contributed by atoms with Crippen molar-refractivity contribution in [2.75, 3.05) is 18.7 Å². The van der Waals surface area contributed by atoms with Crippen LogP contribution >= 0.6 is 24.2 Å². The van der Waals surface area contributed by atoms with Crippen molar-refractivity contribution in [3.05, 3.63) is 0 Å². The first-order valence-corrected chi connectivity index (χ1v) is 3.89. The summed E-state index contributed by atoms with van der Waals surface area (Å²) in [5.41, 5.74) is 0. The molecule has 0 unspecified atom stereocenters. The third kappa shape index (κ3) is 2.36. The van der Waals surface area contributed by atoms with Gasteiger partial charge in [-0.2, -0.15) is 0 Å². The minimum absolute atomic E-state index is 0. The molecule has 10 heavy (non-hydrogen) atoms. The minimum atomic E-state index is -0.153. The number of hydrogen-bond donors (Lipinski definition) is 1. The number of nitrogens with one attached hydrogen (secondary N) is 1. The van der Waals surface area contributed by atoms with E-state index in [0.29, 0.717) is 0 Å². The van der Waals surface area contributed by atoms with Gasteiger partial charge in [-0.05, 0) is 0 Å². The van der Waals surface area contributed by atoms with Crippen LogP contribution in [0.2, 0.25) is 0 Å². The Balaban J connectivity index is 0.000000810. The molecule has 0 aromatic carbocycles. The third-order valence-corrected chi connectivity index (χ3v) is 2.14. The van der Waals surface area contributed by atoms with Crippen molar-refractivity contribution in [1.82, 2.24) is 5.32 Å². The lowest BCUT2D eigenvalue weighted by Crippen LogP contribution is -2.33. The summed E-state index contributed by atoms with van der Waals surface area (Å²) in [6.45, 7) is 0. The molecule has 5 heteroatoms. The van der Waals surface area contributed by atoms with Gasteiger partial charge in [0.15, 0.2) is 0 Å². The van der Waals surface area contributed by atoms with Gasteiger partial charge >= 0.3 is 5.97 Å². The molecule has 1 heterocycles. The van der Waals surface area contributed by atoms with Crippen LogP contribution in [0.4, 0.5) is 0 Å². The zero-order chi connectivity index (χ0) is 6.69. The van der Waals surface area contributed by atoms with Crippen LogP contribution in [0.3, 0.4) is 0 Å². The van der Waals surface area contributed by atoms with Crippen LogP contribution in [0.25, 0.3) is 0 Å². The summed E-state index contributed by atoms with van der Waals surface area (Å²) in [6, 6.07) is -0.0694. The highest BCUT2D eigenvalue weighted by Crippen LogP contribution is 2.09. The van der Waals surface area contributed by atoms with Gasteiger partial charge in [0.2, 0.25) is 0 Å². The van der Waals surface area contributed by atoms with Crippen LogP contribution in [0.5, 0.6) is 0 Å². The second kappa shape index (κ2) is 4.82. The molecule has 0 bridgehead atoms. The predicted molar refractivity (Wildman–Crippen MR) is 43.5 cm³/mol. The minimum Gasteiger partial charge on any atom is -0.468 e. The molecule has 0 spiro atoms. The van der Waals surface area contributed by atoms with Gasteiger partial charge in [0.25, 0.3) is 0 Å². The van der Waals surface area contributed by atoms with E-state index in [4.69, 9.17) is 0 Å². The van der Waals surface area contributed by atoms with Crippen molar-refractivity contribution in [1.29, 1.82) is 0 Å². The monoisotopic (exact) mass is 183 g/mol. The van der Waals surface area contributed by atoms with Gasteiger partial charge in [0.05, 0.1) is 7.11 Å². The van der Waals surface area contributed by atoms with Gasteiger partial charge in [0, 0.05) is 11.6 Å². The lowest BCUT2D eigenvalue weighted by atomic mass is 10.3. The molecule has 60 valence electrons. The smallest absolute Gasteiger partial charge is 0.323 e. The van der Waals surface area contributed by atoms with E-state index in [1.807, 2.05) is 0 Å². The van der Waals surface area contributed by atoms with Crippen molar-refractivity contribution in [3.63, 3.8) is 0 Å². The van der Waals surface area contributed by atoms with E-state index in [2.05, 4.69) is 10.1 Å². The number of hydrogen-bond acceptors (Lipinski definition) is 4. The molecule has 0 aromatic heterocycles. The first-order valence-electron chi connectivity index (χ1n) is 2.73. The highest BCUT2D eigenvalue weighted by molar-refractivity contribution is 7.99. The second-order valence-electron chi connectivity index (χ2n) is 1.79. The number of carbonyl (C=O) groups excluding carboxylic acids is 1. The van der Waals surface area contributed by atoms with Crippen LogP contribution in [0, 0.1) is 0 Å². The van der Waals surface area contributed by atoms with E-state index in [-0.39, 0.29) is 24.4 Å². The van der Waals surface area contributed by atoms with Crippen LogP contribution in [-0.4, -0.2) is 30.8 Å². The Morgan fingerprint density at radius 2 is 2.50 bits per heavy atom. The van der Waals surface area contributed by atoms with Gasteiger partial charge in [-0.1, -0.05) is 0 Å². The summed E-state index contributed by atoms with van der Waals surface area (Å²) < 4.78 is 4.52. The number of rotatable bonds is 1. The standard InChI is InChI=1S/C5H9NO2S.ClH/c1-8-5(7)4-2-9-3-6-4;/h4,6H,2-3H2,1H3;1H/t4-;/m0./s1. The lowest BCUT2D eigenvalue weighted by Gasteiger charge is -2.03. The zero-order valence-electron chi connectivity index (χ0n) is 5.62. The first kappa shape index (κ1) is 10.1. The Bertz CT molecular complexity index is 116. The van der Waals surface area contributed by atoms with Crippen molar-refractivity contribution in [2.24, 2.45) is 0 Å². The fourth-order valence-electron chi connectivity index (χ4n) is 0.689. The molecule has 0 saturated carbocycles. The number of thioether (sulfide) groups is 1. The summed E-state index contributed by atoms with van der Waals surface area (Å²) in [7, 11) is 1.41. The molecule has 0 radical (unpaired) electrons. The molecule has 3 nitrogen and oxygen atoms in total. The number of carbonyl (C=O) groups is 1. The van der Waals surface area contributed by atoms with Crippen LogP contribution in [0.15, 0.2) is 0 Å². The maximum atomic E-state index is 10.7. The van der Waals surface area contributed by atoms with E-state index < -0.39 is 0 Å². The number of ether oxygens (including phenoxy) is 1. The molecule has 1 saturated heterocycles. The van der Waals surface area contributed by atoms with Crippen molar-refractivity contribution in [3.8, 4) is 0 Å². The SMILES string of the molecule is COC(=O)[C@@H]1CSCN1.Cl. The highest BCUT2D eigenvalue weighted by atomic mass is 35.5. The molecule has 1 atom stereocenters. The summed E-state index contributed by atoms with van der Waals surface area (Å²) in [6.07, 6.45) is 0. The summed E-state index contributed by atoms with van der Waals surface area (Å²) in [5.74, 6) is 1.55. The second-order valence-corrected chi connectivity index (χ2v) is 2.83. The fraction of sp³-hybridized carbons (Fsp3) is 0.800. The van der Waals surface area contributed by atoms with E-state index in [9.17, 15) is 4.79 Å². The highest BCUT2D eigenvalue weighted by Gasteiger charge is 2.22. The molecule has 1 N–H and O–H groups in total. The summed E-state index contributed by atoms with van der Waals surface area (Å²) in [5, 5.41) is 3.00. The summed E-state index contributed by atoms with van der Waals surface area (Å²) in [4.78, 5) is 10.7. The average Bonchev–Trinajstić information content (AvgIpc) is 2.37. The largest absolute Gasteiger partial charge is 0.468 e. The quantitative estimate of drug-likeness (QED) is 0.592. The van der Waals surface area contributed by atoms with E-state index in [1.165, 1.54) is 7.11 Å². The molecular weight excluding hydrogens is 174 g/mol. The molecule has 1 rings (SSSR count). The summed E-state index contributed by atoms with van der Waals surface area (Å²) >= 11 is 1.71. The maximum absolute atomic E-state index is 10.7. The Labute approximate surface area is 70.3 Å². The van der Waals surface area contributed by atoms with Crippen molar-refractivity contribution < 1.29 is 9.53 Å². The zero-order valence-corrected chi connectivity index (χ0v) is 7.26. The molecular formula is C5H10ClNO2S. The molecule has 0 aliphatic carbocycles. The van der Waals surface area contributed by atoms with Gasteiger partial charge in [0.1, 0.15) is 6.04 Å². The molecule has 1 aliphatic heterocycles. The van der Waals surface area contributed by atoms with E-state index in [0.717, 1.165) is 11.6 Å².